The molecule has 3 nitrogen and oxygen atoms in total. The summed E-state index contributed by atoms with van der Waals surface area (Å²) >= 11 is 1.58. The zero-order valence-corrected chi connectivity index (χ0v) is 13.3. The smallest absolute Gasteiger partial charge is 0.261 e. The van der Waals surface area contributed by atoms with Crippen molar-refractivity contribution < 1.29 is 8.42 Å². The van der Waals surface area contributed by atoms with Crippen molar-refractivity contribution in [1.29, 1.82) is 0 Å². The Kier molecular flexibility index (Phi) is 4.40. The summed E-state index contributed by atoms with van der Waals surface area (Å²) in [6.45, 7) is 3.87. The Morgan fingerprint density at radius 3 is 2.25 bits per heavy atom. The zero-order valence-electron chi connectivity index (χ0n) is 11.7. The molecule has 0 aliphatic carbocycles. The quantitative estimate of drug-likeness (QED) is 0.873. The highest BCUT2D eigenvalue weighted by Crippen LogP contribution is 2.23. The highest BCUT2D eigenvalue weighted by molar-refractivity contribution is 7.98. The van der Waals surface area contributed by atoms with Gasteiger partial charge in [0.25, 0.3) is 10.0 Å². The van der Waals surface area contributed by atoms with E-state index in [0.717, 1.165) is 16.0 Å². The van der Waals surface area contributed by atoms with Crippen LogP contribution in [0.2, 0.25) is 0 Å². The first-order valence-electron chi connectivity index (χ1n) is 6.17. The number of anilines is 1. The van der Waals surface area contributed by atoms with Crippen molar-refractivity contribution in [1.82, 2.24) is 0 Å². The summed E-state index contributed by atoms with van der Waals surface area (Å²) in [6, 6.07) is 12.4. The third kappa shape index (κ3) is 3.16. The molecule has 5 heteroatoms. The molecule has 1 N–H and O–H groups in total. The number of hydrogen-bond donors (Lipinski definition) is 1. The summed E-state index contributed by atoms with van der Waals surface area (Å²) in [5, 5.41) is 0. The summed E-state index contributed by atoms with van der Waals surface area (Å²) < 4.78 is 27.3. The Bertz CT molecular complexity index is 707. The molecule has 0 amide bonds. The van der Waals surface area contributed by atoms with E-state index in [0.29, 0.717) is 5.69 Å². The largest absolute Gasteiger partial charge is 0.279 e. The first kappa shape index (κ1) is 14.9. The normalized spacial score (nSPS) is 11.3. The Morgan fingerprint density at radius 1 is 1.00 bits per heavy atom. The number of hydrogen-bond acceptors (Lipinski definition) is 3. The van der Waals surface area contributed by atoms with Crippen molar-refractivity contribution in [3.63, 3.8) is 0 Å². The molecule has 0 atom stereocenters. The average molecular weight is 307 g/mol. The van der Waals surface area contributed by atoms with E-state index in [-0.39, 0.29) is 4.90 Å². The molecule has 0 aromatic heterocycles. The lowest BCUT2D eigenvalue weighted by molar-refractivity contribution is 0.601. The van der Waals surface area contributed by atoms with E-state index in [2.05, 4.69) is 4.72 Å². The SMILES string of the molecule is CSc1ccc(S(=O)(=O)Nc2cccc(C)c2C)cc1. The Hall–Kier alpha value is -1.46. The molecule has 0 fully saturated rings. The molecule has 2 aromatic carbocycles. The summed E-state index contributed by atoms with van der Waals surface area (Å²) in [6.07, 6.45) is 1.96. The van der Waals surface area contributed by atoms with E-state index in [4.69, 9.17) is 0 Å². The van der Waals surface area contributed by atoms with Gasteiger partial charge in [-0.15, -0.1) is 11.8 Å². The third-order valence-corrected chi connectivity index (χ3v) is 5.34. The minimum absolute atomic E-state index is 0.274. The summed E-state index contributed by atoms with van der Waals surface area (Å²) in [4.78, 5) is 1.31. The minimum atomic E-state index is -3.54. The highest BCUT2D eigenvalue weighted by atomic mass is 32.2. The van der Waals surface area contributed by atoms with Crippen LogP contribution in [0.3, 0.4) is 0 Å². The van der Waals surface area contributed by atoms with Crippen molar-refractivity contribution in [2.45, 2.75) is 23.6 Å². The monoisotopic (exact) mass is 307 g/mol. The summed E-state index contributed by atoms with van der Waals surface area (Å²) in [5.41, 5.74) is 2.62. The van der Waals surface area contributed by atoms with Gasteiger partial charge in [0.1, 0.15) is 0 Å². The van der Waals surface area contributed by atoms with Crippen LogP contribution in [0.15, 0.2) is 52.3 Å². The van der Waals surface area contributed by atoms with E-state index in [1.54, 1.807) is 30.0 Å². The van der Waals surface area contributed by atoms with Crippen LogP contribution >= 0.6 is 11.8 Å². The summed E-state index contributed by atoms with van der Waals surface area (Å²) in [7, 11) is -3.54. The van der Waals surface area contributed by atoms with E-state index >= 15 is 0 Å². The second-order valence-corrected chi connectivity index (χ2v) is 7.09. The van der Waals surface area contributed by atoms with Gasteiger partial charge >= 0.3 is 0 Å². The second kappa shape index (κ2) is 5.89. The molecule has 0 heterocycles. The van der Waals surface area contributed by atoms with E-state index in [1.807, 2.05) is 44.4 Å². The standard InChI is InChI=1S/C15H17NO2S2/c1-11-5-4-6-15(12(11)2)16-20(17,18)14-9-7-13(19-3)8-10-14/h4-10,16H,1-3H3. The second-order valence-electron chi connectivity index (χ2n) is 4.53. The van der Waals surface area contributed by atoms with E-state index in [1.165, 1.54) is 0 Å². The molecule has 0 saturated heterocycles. The zero-order chi connectivity index (χ0) is 14.8. The molecule has 106 valence electrons. The Labute approximate surface area is 124 Å². The highest BCUT2D eigenvalue weighted by Gasteiger charge is 2.15. The molecule has 0 aliphatic rings. The fraction of sp³-hybridized carbons (Fsp3) is 0.200. The Morgan fingerprint density at radius 2 is 1.65 bits per heavy atom. The molecular formula is C15H17NO2S2. The van der Waals surface area contributed by atoms with Gasteiger partial charge < -0.3 is 0 Å². The lowest BCUT2D eigenvalue weighted by Gasteiger charge is -2.12. The van der Waals surface area contributed by atoms with Gasteiger partial charge in [0.15, 0.2) is 0 Å². The maximum atomic E-state index is 12.3. The van der Waals surface area contributed by atoms with Gasteiger partial charge in [-0.1, -0.05) is 12.1 Å². The molecule has 2 rings (SSSR count). The molecule has 20 heavy (non-hydrogen) atoms. The van der Waals surface area contributed by atoms with Crippen LogP contribution in [0.25, 0.3) is 0 Å². The molecule has 0 bridgehead atoms. The van der Waals surface area contributed by atoms with Crippen molar-refractivity contribution in [2.75, 3.05) is 11.0 Å². The fourth-order valence-corrected chi connectivity index (χ4v) is 3.35. The lowest BCUT2D eigenvalue weighted by Crippen LogP contribution is -2.13. The topological polar surface area (TPSA) is 46.2 Å². The van der Waals surface area contributed by atoms with Crippen LogP contribution in [0.1, 0.15) is 11.1 Å². The molecule has 0 saturated carbocycles. The number of rotatable bonds is 4. The van der Waals surface area contributed by atoms with Gasteiger partial charge in [0.2, 0.25) is 0 Å². The molecular weight excluding hydrogens is 290 g/mol. The predicted molar refractivity (Wildman–Crippen MR) is 84.9 cm³/mol. The fourth-order valence-electron chi connectivity index (χ4n) is 1.82. The van der Waals surface area contributed by atoms with E-state index < -0.39 is 10.0 Å². The van der Waals surface area contributed by atoms with E-state index in [9.17, 15) is 8.42 Å². The third-order valence-electron chi connectivity index (χ3n) is 3.22. The maximum absolute atomic E-state index is 12.3. The first-order valence-corrected chi connectivity index (χ1v) is 8.88. The first-order chi connectivity index (χ1) is 9.44. The predicted octanol–water partition coefficient (Wildman–Crippen LogP) is 3.83. The van der Waals surface area contributed by atoms with Gasteiger partial charge in [-0.05, 0) is 61.6 Å². The van der Waals surface area contributed by atoms with Gasteiger partial charge in [0.05, 0.1) is 10.6 Å². The summed E-state index contributed by atoms with van der Waals surface area (Å²) in [5.74, 6) is 0. The van der Waals surface area contributed by atoms with Crippen LogP contribution in [-0.4, -0.2) is 14.7 Å². The van der Waals surface area contributed by atoms with Crippen LogP contribution < -0.4 is 4.72 Å². The van der Waals surface area contributed by atoms with Crippen molar-refractivity contribution in [2.24, 2.45) is 0 Å². The van der Waals surface area contributed by atoms with Crippen LogP contribution in [0.4, 0.5) is 5.69 Å². The molecule has 0 spiro atoms. The molecule has 0 unspecified atom stereocenters. The van der Waals surface area contributed by atoms with Crippen LogP contribution in [0.5, 0.6) is 0 Å². The number of benzene rings is 2. The van der Waals surface area contributed by atoms with Crippen LogP contribution in [0, 0.1) is 13.8 Å². The van der Waals surface area contributed by atoms with Gasteiger partial charge in [-0.25, -0.2) is 8.42 Å². The average Bonchev–Trinajstić information content (AvgIpc) is 2.44. The number of sulfonamides is 1. The molecule has 0 radical (unpaired) electrons. The number of thioether (sulfide) groups is 1. The molecule has 2 aromatic rings. The maximum Gasteiger partial charge on any atom is 0.261 e. The van der Waals surface area contributed by atoms with Crippen molar-refractivity contribution in [3.05, 3.63) is 53.6 Å². The van der Waals surface area contributed by atoms with Crippen LogP contribution in [-0.2, 0) is 10.0 Å². The van der Waals surface area contributed by atoms with Gasteiger partial charge in [-0.2, -0.15) is 0 Å². The molecule has 0 aliphatic heterocycles. The lowest BCUT2D eigenvalue weighted by atomic mass is 10.1. The number of nitrogens with one attached hydrogen (secondary N) is 1. The van der Waals surface area contributed by atoms with Gasteiger partial charge in [-0.3, -0.25) is 4.72 Å². The number of aryl methyl sites for hydroxylation is 1. The van der Waals surface area contributed by atoms with Crippen molar-refractivity contribution in [3.8, 4) is 0 Å². The van der Waals surface area contributed by atoms with Gasteiger partial charge in [0, 0.05) is 4.90 Å². The minimum Gasteiger partial charge on any atom is -0.279 e. The Balaban J connectivity index is 2.33. The van der Waals surface area contributed by atoms with Crippen molar-refractivity contribution >= 4 is 27.5 Å².